The van der Waals surface area contributed by atoms with E-state index in [0.717, 1.165) is 3.57 Å². The second-order valence-corrected chi connectivity index (χ2v) is 3.53. The number of aliphatic carboxylic acids is 1. The Morgan fingerprint density at radius 3 is 2.85 bits per heavy atom. The molecule has 0 fully saturated rings. The molecule has 3 N–H and O–H groups in total. The van der Waals surface area contributed by atoms with Crippen LogP contribution in [0.3, 0.4) is 0 Å². The molecule has 0 unspecified atom stereocenters. The number of carbonyl (C=O) groups is 1. The number of halogens is 1. The van der Waals surface area contributed by atoms with Crippen molar-refractivity contribution >= 4 is 34.2 Å². The fraction of sp³-hybridized carbons (Fsp3) is 0.125. The molecular weight excluding hydrogens is 285 g/mol. The van der Waals surface area contributed by atoms with E-state index in [1.165, 1.54) is 0 Å². The Morgan fingerprint density at radius 1 is 1.62 bits per heavy atom. The van der Waals surface area contributed by atoms with E-state index in [1.807, 2.05) is 22.6 Å². The van der Waals surface area contributed by atoms with Crippen molar-refractivity contribution in [3.05, 3.63) is 21.8 Å². The molecule has 0 radical (unpaired) electrons. The number of rotatable bonds is 3. The van der Waals surface area contributed by atoms with Crippen LogP contribution in [0, 0.1) is 3.57 Å². The maximum atomic E-state index is 10.2. The summed E-state index contributed by atoms with van der Waals surface area (Å²) in [5.74, 6) is -0.454. The minimum Gasteiger partial charge on any atom is -0.481 e. The van der Waals surface area contributed by atoms with Crippen molar-refractivity contribution in [1.82, 2.24) is 0 Å². The molecule has 0 spiro atoms. The van der Waals surface area contributed by atoms with Crippen molar-refractivity contribution in [3.8, 4) is 5.75 Å². The van der Waals surface area contributed by atoms with Crippen LogP contribution in [0.4, 0.5) is 5.69 Å². The normalized spacial score (nSPS) is 9.62. The molecule has 0 amide bonds. The quantitative estimate of drug-likeness (QED) is 0.651. The lowest BCUT2D eigenvalue weighted by molar-refractivity contribution is -0.139. The number of hydrogen-bond acceptors (Lipinski definition) is 3. The number of hydrogen-bond donors (Lipinski definition) is 2. The van der Waals surface area contributed by atoms with Crippen molar-refractivity contribution < 1.29 is 14.6 Å². The van der Waals surface area contributed by atoms with E-state index >= 15 is 0 Å². The first-order valence-corrected chi connectivity index (χ1v) is 4.57. The van der Waals surface area contributed by atoms with Crippen LogP contribution in [-0.4, -0.2) is 17.7 Å². The van der Waals surface area contributed by atoms with E-state index in [0.29, 0.717) is 11.4 Å². The van der Waals surface area contributed by atoms with Crippen molar-refractivity contribution in [2.24, 2.45) is 0 Å². The van der Waals surface area contributed by atoms with Gasteiger partial charge in [-0.15, -0.1) is 0 Å². The summed E-state index contributed by atoms with van der Waals surface area (Å²) < 4.78 is 5.80. The second-order valence-electron chi connectivity index (χ2n) is 2.37. The van der Waals surface area contributed by atoms with Crippen LogP contribution >= 0.6 is 22.6 Å². The van der Waals surface area contributed by atoms with Gasteiger partial charge in [-0.2, -0.15) is 0 Å². The Hall–Kier alpha value is -0.980. The van der Waals surface area contributed by atoms with Gasteiger partial charge < -0.3 is 15.6 Å². The first kappa shape index (κ1) is 10.1. The third-order valence-corrected chi connectivity index (χ3v) is 2.15. The van der Waals surface area contributed by atoms with Crippen LogP contribution in [0.2, 0.25) is 0 Å². The van der Waals surface area contributed by atoms with E-state index in [4.69, 9.17) is 15.6 Å². The molecule has 5 heteroatoms. The zero-order valence-corrected chi connectivity index (χ0v) is 8.82. The molecule has 70 valence electrons. The molecule has 0 aliphatic heterocycles. The number of benzene rings is 1. The van der Waals surface area contributed by atoms with Gasteiger partial charge in [-0.05, 0) is 40.8 Å². The van der Waals surface area contributed by atoms with Crippen LogP contribution in [0.15, 0.2) is 18.2 Å². The van der Waals surface area contributed by atoms with Gasteiger partial charge in [0.2, 0.25) is 0 Å². The molecule has 0 heterocycles. The summed E-state index contributed by atoms with van der Waals surface area (Å²) in [6.07, 6.45) is 0. The third kappa shape index (κ3) is 3.10. The topological polar surface area (TPSA) is 72.5 Å². The summed E-state index contributed by atoms with van der Waals surface area (Å²) in [6, 6.07) is 5.04. The molecule has 0 saturated heterocycles. The van der Waals surface area contributed by atoms with E-state index in [2.05, 4.69) is 0 Å². The monoisotopic (exact) mass is 293 g/mol. The number of nitrogen functional groups attached to an aromatic ring is 1. The molecule has 1 aromatic rings. The van der Waals surface area contributed by atoms with Gasteiger partial charge in [-0.1, -0.05) is 0 Å². The molecular formula is C8H8INO3. The zero-order valence-electron chi connectivity index (χ0n) is 6.66. The highest BCUT2D eigenvalue weighted by molar-refractivity contribution is 14.1. The Labute approximate surface area is 88.8 Å². The van der Waals surface area contributed by atoms with Gasteiger partial charge in [0.15, 0.2) is 6.61 Å². The van der Waals surface area contributed by atoms with Gasteiger partial charge in [0.25, 0.3) is 0 Å². The summed E-state index contributed by atoms with van der Waals surface area (Å²) in [4.78, 5) is 10.2. The lowest BCUT2D eigenvalue weighted by Gasteiger charge is -2.05. The van der Waals surface area contributed by atoms with Gasteiger partial charge in [-0.3, -0.25) is 0 Å². The highest BCUT2D eigenvalue weighted by atomic mass is 127. The summed E-state index contributed by atoms with van der Waals surface area (Å²) in [7, 11) is 0. The van der Waals surface area contributed by atoms with Crippen molar-refractivity contribution in [1.29, 1.82) is 0 Å². The molecule has 0 aliphatic rings. The Morgan fingerprint density at radius 2 is 2.31 bits per heavy atom. The average Bonchev–Trinajstić information content (AvgIpc) is 2.02. The first-order chi connectivity index (χ1) is 6.09. The standard InChI is InChI=1S/C8H8INO3/c9-6-3-5(10)1-2-7(6)13-4-8(11)12/h1-3H,4,10H2,(H,11,12). The maximum Gasteiger partial charge on any atom is 0.341 e. The molecule has 0 bridgehead atoms. The van der Waals surface area contributed by atoms with Crippen molar-refractivity contribution in [2.45, 2.75) is 0 Å². The van der Waals surface area contributed by atoms with Gasteiger partial charge in [-0.25, -0.2) is 4.79 Å². The Kier molecular flexibility index (Phi) is 3.35. The summed E-state index contributed by atoms with van der Waals surface area (Å²) >= 11 is 2.03. The molecule has 0 saturated carbocycles. The van der Waals surface area contributed by atoms with Gasteiger partial charge in [0, 0.05) is 5.69 Å². The predicted molar refractivity (Wildman–Crippen MR) is 56.7 cm³/mol. The minimum absolute atomic E-state index is 0.333. The van der Waals surface area contributed by atoms with Crippen molar-refractivity contribution in [2.75, 3.05) is 12.3 Å². The van der Waals surface area contributed by atoms with E-state index in [-0.39, 0.29) is 6.61 Å². The van der Waals surface area contributed by atoms with E-state index in [1.54, 1.807) is 18.2 Å². The predicted octanol–water partition coefficient (Wildman–Crippen LogP) is 1.34. The molecule has 0 aliphatic carbocycles. The van der Waals surface area contributed by atoms with Crippen LogP contribution in [0.25, 0.3) is 0 Å². The first-order valence-electron chi connectivity index (χ1n) is 3.49. The number of anilines is 1. The smallest absolute Gasteiger partial charge is 0.341 e. The third-order valence-electron chi connectivity index (χ3n) is 1.31. The number of ether oxygens (including phenoxy) is 1. The number of nitrogens with two attached hydrogens (primary N) is 1. The number of carboxylic acid groups (broad SMARTS) is 1. The van der Waals surface area contributed by atoms with Crippen LogP contribution < -0.4 is 10.5 Å². The van der Waals surface area contributed by atoms with Crippen molar-refractivity contribution in [3.63, 3.8) is 0 Å². The highest BCUT2D eigenvalue weighted by Crippen LogP contribution is 2.22. The second kappa shape index (κ2) is 4.31. The molecule has 0 atom stereocenters. The zero-order chi connectivity index (χ0) is 9.84. The Bertz CT molecular complexity index is 327. The van der Waals surface area contributed by atoms with Crippen LogP contribution in [-0.2, 0) is 4.79 Å². The van der Waals surface area contributed by atoms with Crippen LogP contribution in [0.1, 0.15) is 0 Å². The number of carboxylic acids is 1. The largest absolute Gasteiger partial charge is 0.481 e. The Balaban J connectivity index is 2.72. The molecule has 13 heavy (non-hydrogen) atoms. The van der Waals surface area contributed by atoms with E-state index in [9.17, 15) is 4.79 Å². The van der Waals surface area contributed by atoms with Gasteiger partial charge in [0.1, 0.15) is 5.75 Å². The lowest BCUT2D eigenvalue weighted by atomic mass is 10.3. The molecule has 0 aromatic heterocycles. The highest BCUT2D eigenvalue weighted by Gasteiger charge is 2.03. The minimum atomic E-state index is -0.993. The molecule has 1 aromatic carbocycles. The van der Waals surface area contributed by atoms with E-state index < -0.39 is 5.97 Å². The fourth-order valence-corrected chi connectivity index (χ4v) is 1.47. The van der Waals surface area contributed by atoms with Gasteiger partial charge >= 0.3 is 5.97 Å². The lowest BCUT2D eigenvalue weighted by Crippen LogP contribution is -2.10. The average molecular weight is 293 g/mol. The summed E-state index contributed by atoms with van der Waals surface area (Å²) in [5, 5.41) is 8.37. The van der Waals surface area contributed by atoms with Crippen LogP contribution in [0.5, 0.6) is 5.75 Å². The molecule has 4 nitrogen and oxygen atoms in total. The molecule has 1 rings (SSSR count). The SMILES string of the molecule is Nc1ccc(OCC(=O)O)c(I)c1. The summed E-state index contributed by atoms with van der Waals surface area (Å²) in [5.41, 5.74) is 6.14. The summed E-state index contributed by atoms with van der Waals surface area (Å²) in [6.45, 7) is -0.333. The fourth-order valence-electron chi connectivity index (χ4n) is 0.774. The van der Waals surface area contributed by atoms with Gasteiger partial charge in [0.05, 0.1) is 3.57 Å². The maximum absolute atomic E-state index is 10.2.